The molecule has 0 N–H and O–H groups in total. The van der Waals surface area contributed by atoms with Crippen LogP contribution in [0.2, 0.25) is 0 Å². The van der Waals surface area contributed by atoms with Crippen LogP contribution in [0.25, 0.3) is 164 Å². The van der Waals surface area contributed by atoms with Crippen LogP contribution in [0.4, 0.5) is 0 Å². The fourth-order valence-electron chi connectivity index (χ4n) is 18.4. The third-order valence-electron chi connectivity index (χ3n) is 24.7. The molecule has 130 heavy (non-hydrogen) atoms. The number of hydrogen-bond acceptors (Lipinski definition) is 10. The Labute approximate surface area is 759 Å². The van der Waals surface area contributed by atoms with E-state index in [2.05, 4.69) is 350 Å². The summed E-state index contributed by atoms with van der Waals surface area (Å²) in [6.45, 7) is 25.5. The molecule has 0 radical (unpaired) electrons. The van der Waals surface area contributed by atoms with Crippen molar-refractivity contribution >= 4 is 119 Å². The van der Waals surface area contributed by atoms with Gasteiger partial charge in [-0.15, -0.1) is 0 Å². The van der Waals surface area contributed by atoms with Crippen molar-refractivity contribution in [3.05, 3.63) is 456 Å². The van der Waals surface area contributed by atoms with Crippen molar-refractivity contribution < 1.29 is 0 Å². The zero-order valence-electron chi connectivity index (χ0n) is 75.4. The molecule has 17 aromatic carbocycles. The third-order valence-corrected chi connectivity index (χ3v) is 24.7. The first-order chi connectivity index (χ1) is 63.3. The second kappa shape index (κ2) is 37.0. The van der Waals surface area contributed by atoms with Gasteiger partial charge in [0, 0.05) is 84.9 Å². The lowest BCUT2D eigenvalue weighted by Crippen LogP contribution is -2.16. The molecule has 10 heteroatoms. The summed E-state index contributed by atoms with van der Waals surface area (Å²) in [7, 11) is 0. The highest BCUT2D eigenvalue weighted by Crippen LogP contribution is 2.50. The zero-order chi connectivity index (χ0) is 89.6. The van der Waals surface area contributed by atoms with Gasteiger partial charge in [-0.05, 0) is 201 Å². The van der Waals surface area contributed by atoms with Crippen LogP contribution in [0.1, 0.15) is 95.4 Å². The van der Waals surface area contributed by atoms with Gasteiger partial charge in [0.25, 0.3) is 0 Å². The molecule has 6 aromatic heterocycles. The molecular weight excluding hydrogens is 1580 g/mol. The Morgan fingerprint density at radius 2 is 0.646 bits per heavy atom. The van der Waals surface area contributed by atoms with E-state index in [1.165, 1.54) is 153 Å². The van der Waals surface area contributed by atoms with E-state index in [1.54, 1.807) is 6.20 Å². The van der Waals surface area contributed by atoms with Gasteiger partial charge < -0.3 is 0 Å². The van der Waals surface area contributed by atoms with Crippen LogP contribution in [0.5, 0.6) is 0 Å². The van der Waals surface area contributed by atoms with E-state index in [9.17, 15) is 0 Å². The third kappa shape index (κ3) is 17.4. The molecule has 630 valence electrons. The first kappa shape index (κ1) is 85.0. The van der Waals surface area contributed by atoms with Crippen LogP contribution in [-0.2, 0) is 10.8 Å². The number of rotatable bonds is 2. The van der Waals surface area contributed by atoms with Gasteiger partial charge in [0.05, 0.1) is 39.0 Å². The Hall–Kier alpha value is -15.8. The van der Waals surface area contributed by atoms with Crippen LogP contribution in [0.15, 0.2) is 389 Å². The summed E-state index contributed by atoms with van der Waals surface area (Å²) in [6.07, 6.45) is 7.38. The minimum atomic E-state index is 0.0396. The van der Waals surface area contributed by atoms with Gasteiger partial charge in [0.1, 0.15) is 11.6 Å². The van der Waals surface area contributed by atoms with Gasteiger partial charge >= 0.3 is 0 Å². The molecule has 2 aliphatic carbocycles. The van der Waals surface area contributed by atoms with E-state index in [-0.39, 0.29) is 10.8 Å². The van der Waals surface area contributed by atoms with Crippen LogP contribution in [0, 0.1) is 55.4 Å². The number of aryl methyl sites for hydroxylation is 8. The summed E-state index contributed by atoms with van der Waals surface area (Å²) in [5.74, 6) is 2.98. The topological polar surface area (TPSA) is 129 Å². The molecule has 0 spiro atoms. The average molecular weight is 1680 g/mol. The number of hydrogen-bond donors (Lipinski definition) is 0. The highest BCUT2D eigenvalue weighted by molar-refractivity contribution is 6.27. The molecular formula is C120H100N10. The molecule has 0 atom stereocenters. The van der Waals surface area contributed by atoms with Crippen molar-refractivity contribution in [3.63, 3.8) is 0 Å². The Kier molecular flexibility index (Phi) is 24.2. The van der Waals surface area contributed by atoms with E-state index >= 15 is 0 Å². The summed E-state index contributed by atoms with van der Waals surface area (Å²) >= 11 is 0. The van der Waals surface area contributed by atoms with Crippen LogP contribution < -0.4 is 0 Å². The van der Waals surface area contributed by atoms with E-state index in [0.29, 0.717) is 11.6 Å². The minimum Gasteiger partial charge on any atom is -0.257 e. The molecule has 0 aliphatic heterocycles. The first-order valence-corrected chi connectivity index (χ1v) is 44.4. The van der Waals surface area contributed by atoms with E-state index < -0.39 is 0 Å². The largest absolute Gasteiger partial charge is 0.257 e. The second-order valence-corrected chi connectivity index (χ2v) is 34.6. The highest BCUT2D eigenvalue weighted by atomic mass is 15.0. The van der Waals surface area contributed by atoms with Crippen molar-refractivity contribution in [2.24, 2.45) is 0 Å². The van der Waals surface area contributed by atoms with Gasteiger partial charge in [-0.3, -0.25) is 19.9 Å². The standard InChI is InChI=1S/C19H14.2C18H13N.C16H13N3.C16H16.C15H15N.2C9H8N2/c1-13-10-11-18-16-8-3-2-6-14(16)15-7-4-5-9-17(15)19(18)12-13;1-12-6-4-9-15-13-7-2-3-8-14(13)16-10-5-11-19-18(16)17(12)15;1-12-8-9-15-13-5-2-3-6-14(13)16-7-4-10-19-18(16)17(15)11-12;1-12-17-15(13-8-4-2-5-9-13)19-16(18-12)14-10-6-3-7-11-14;1-11-8-9-13-12-6-4-5-7-14(12)16(2,3)15(13)10-11;1-10-8-9-12-11-6-4-5-7-13(11)15(2,3)14(12)16-10;1-7-10-6-8-4-2-3-5-9(8)11-7;1-7-6-10-8-4-2-3-5-9(8)11-7/h2-12H,1H3;3*2-11H,1H3;4-10H,1-3H3;4-9H,1-3H3;2*2-6H,1H3. The lowest BCUT2D eigenvalue weighted by Gasteiger charge is -2.21. The minimum absolute atomic E-state index is 0.0396. The maximum absolute atomic E-state index is 4.72. The molecule has 0 amide bonds. The normalized spacial score (nSPS) is 12.1. The number of nitrogens with zero attached hydrogens (tertiary/aromatic N) is 10. The Morgan fingerprint density at radius 3 is 1.25 bits per heavy atom. The van der Waals surface area contributed by atoms with Gasteiger partial charge in [-0.1, -0.05) is 366 Å². The number of benzene rings is 17. The van der Waals surface area contributed by atoms with Crippen molar-refractivity contribution in [1.29, 1.82) is 0 Å². The van der Waals surface area contributed by atoms with Crippen molar-refractivity contribution in [3.8, 4) is 45.0 Å². The molecule has 0 bridgehead atoms. The van der Waals surface area contributed by atoms with Gasteiger partial charge in [-0.2, -0.15) is 0 Å². The number of pyridine rings is 3. The van der Waals surface area contributed by atoms with Crippen molar-refractivity contribution in [1.82, 2.24) is 49.8 Å². The summed E-state index contributed by atoms with van der Waals surface area (Å²) < 4.78 is 0. The molecule has 2 aliphatic rings. The average Bonchev–Trinajstić information content (AvgIpc) is 1.54. The van der Waals surface area contributed by atoms with Gasteiger partial charge in [0.15, 0.2) is 11.6 Å². The molecule has 6 heterocycles. The summed E-state index contributed by atoms with van der Waals surface area (Å²) in [5.41, 5.74) is 25.6. The lowest BCUT2D eigenvalue weighted by atomic mass is 9.82. The Bertz CT molecular complexity index is 7570. The zero-order valence-corrected chi connectivity index (χ0v) is 75.4. The molecule has 0 saturated carbocycles. The lowest BCUT2D eigenvalue weighted by molar-refractivity contribution is 0.634. The number of para-hydroxylation sites is 3. The summed E-state index contributed by atoms with van der Waals surface area (Å²) in [5, 5.41) is 21.9. The quantitative estimate of drug-likeness (QED) is 0.154. The van der Waals surface area contributed by atoms with E-state index in [1.807, 2.05) is 161 Å². The van der Waals surface area contributed by atoms with Crippen LogP contribution >= 0.6 is 0 Å². The smallest absolute Gasteiger partial charge is 0.163 e. The highest BCUT2D eigenvalue weighted by Gasteiger charge is 2.37. The molecule has 23 aromatic rings. The molecule has 0 unspecified atom stereocenters. The monoisotopic (exact) mass is 1680 g/mol. The Morgan fingerprint density at radius 1 is 0.223 bits per heavy atom. The first-order valence-electron chi connectivity index (χ1n) is 44.4. The second-order valence-electron chi connectivity index (χ2n) is 34.6. The molecule has 25 rings (SSSR count). The van der Waals surface area contributed by atoms with E-state index in [4.69, 9.17) is 4.98 Å². The summed E-state index contributed by atoms with van der Waals surface area (Å²) in [6, 6.07) is 127. The predicted molar refractivity (Wildman–Crippen MR) is 546 cm³/mol. The van der Waals surface area contributed by atoms with Gasteiger partial charge in [0.2, 0.25) is 0 Å². The molecule has 0 saturated heterocycles. The van der Waals surface area contributed by atoms with Crippen LogP contribution in [0.3, 0.4) is 0 Å². The summed E-state index contributed by atoms with van der Waals surface area (Å²) in [4.78, 5) is 44.2. The van der Waals surface area contributed by atoms with Crippen LogP contribution in [-0.4, -0.2) is 49.8 Å². The Balaban J connectivity index is 0.000000101. The maximum atomic E-state index is 4.72. The van der Waals surface area contributed by atoms with E-state index in [0.717, 1.165) is 67.1 Å². The SMILES string of the molecule is Cc1ccc2c(c1)C(C)(C)c1ccccc1-2.Cc1ccc2c(n1)C(C)(C)c1ccccc1-2.Cc1ccc2c3ccccc3c3ccccc3c2c1.Cc1ccc2c3ccccc3c3cccnc3c2c1.Cc1cccc2c3ccccc3c3cccnc3c12.Cc1cnc2ccccc2n1.Cc1nc(-c2ccccc2)nc(-c2ccccc2)n1.Cc1ncc2ccccc2n1. The maximum Gasteiger partial charge on any atom is 0.163 e. The van der Waals surface area contributed by atoms with Crippen molar-refractivity contribution in [2.75, 3.05) is 0 Å². The number of aromatic nitrogens is 10. The molecule has 10 nitrogen and oxygen atoms in total. The van der Waals surface area contributed by atoms with Gasteiger partial charge in [-0.25, -0.2) is 29.9 Å². The fourth-order valence-corrected chi connectivity index (χ4v) is 18.4. The number of fused-ring (bicyclic) bond motifs is 26. The molecule has 0 fully saturated rings. The fraction of sp³-hybridized carbons (Fsp3) is 0.117. The predicted octanol–water partition coefficient (Wildman–Crippen LogP) is 30.5. The van der Waals surface area contributed by atoms with Crippen molar-refractivity contribution in [2.45, 2.75) is 93.9 Å².